The zero-order valence-electron chi connectivity index (χ0n) is 28.0. The van der Waals surface area contributed by atoms with E-state index in [1.807, 2.05) is 23.1 Å². The van der Waals surface area contributed by atoms with Gasteiger partial charge < -0.3 is 29.4 Å². The van der Waals surface area contributed by atoms with Gasteiger partial charge in [-0.3, -0.25) is 42.6 Å². The molecule has 1 fully saturated rings. The van der Waals surface area contributed by atoms with Crippen LogP contribution in [-0.2, 0) is 47.1 Å². The van der Waals surface area contributed by atoms with E-state index in [2.05, 4.69) is 0 Å². The third-order valence-corrected chi connectivity index (χ3v) is 12.2. The van der Waals surface area contributed by atoms with E-state index in [1.165, 1.54) is 11.8 Å². The van der Waals surface area contributed by atoms with Crippen molar-refractivity contribution in [1.29, 1.82) is 0 Å². The summed E-state index contributed by atoms with van der Waals surface area (Å²) in [6.45, 7) is -1.07. The first kappa shape index (κ1) is 40.7. The summed E-state index contributed by atoms with van der Waals surface area (Å²) in [6, 6.07) is 7.34. The Balaban J connectivity index is 1.78. The zero-order valence-corrected chi connectivity index (χ0v) is 32.0. The fourth-order valence-electron chi connectivity index (χ4n) is 5.37. The number of aromatic nitrogens is 2. The molecule has 0 bridgehead atoms. The number of carbonyl (C=O) groups excluding carboxylic acids is 1. The minimum atomic E-state index is -4.23. The molecule has 0 saturated carbocycles. The number of allylic oxidation sites excluding steroid dienone is 1. The van der Waals surface area contributed by atoms with Crippen LogP contribution in [0.15, 0.2) is 54.3 Å². The number of amides is 1. The molecule has 2 aromatic heterocycles. The summed E-state index contributed by atoms with van der Waals surface area (Å²) in [6.07, 6.45) is 2.09. The van der Waals surface area contributed by atoms with Crippen LogP contribution in [0.25, 0.3) is 10.5 Å². The van der Waals surface area contributed by atoms with Gasteiger partial charge in [0.15, 0.2) is 0 Å². The summed E-state index contributed by atoms with van der Waals surface area (Å²) in [5, 5.41) is 28.6. The molecule has 2 aliphatic heterocycles. The first-order valence-corrected chi connectivity index (χ1v) is 20.2. The Morgan fingerprint density at radius 3 is 2.30 bits per heavy atom. The molecule has 0 unspecified atom stereocenters. The number of anilines is 1. The first-order valence-electron chi connectivity index (χ1n) is 15.7. The number of hydrogen-bond donors (Lipinski definition) is 4. The summed E-state index contributed by atoms with van der Waals surface area (Å²) in [7, 11) is -4.23. The largest absolute Gasteiger partial charge is 0.480 e. The number of thiocarbonyl (C=S) groups is 1. The number of carboxylic acid groups (broad SMARTS) is 3. The summed E-state index contributed by atoms with van der Waals surface area (Å²) in [5.74, 6) is -5.55. The van der Waals surface area contributed by atoms with Crippen LogP contribution in [-0.4, -0.2) is 103 Å². The van der Waals surface area contributed by atoms with Gasteiger partial charge in [0, 0.05) is 11.4 Å². The molecule has 5 rings (SSSR count). The number of carboxylic acids is 3. The van der Waals surface area contributed by atoms with E-state index >= 15 is 0 Å². The SMILES string of the molecule is CC/C(C=C1Sc2ccccc2N1CCCS(=O)(=O)O)=c1\s/c(=c2/o/c(=C3/SC(=S)N(CC(=O)O)C3=O)n(CC(=O)O)c2=O)n(CCOCC(=O)O)c1=O. The van der Waals surface area contributed by atoms with Gasteiger partial charge in [-0.1, -0.05) is 43.0 Å². The lowest BCUT2D eigenvalue weighted by Gasteiger charge is -2.20. The van der Waals surface area contributed by atoms with E-state index < -0.39 is 81.5 Å². The standard InChI is InChI=1S/C31H30N4O14S5/c1-2-16(12-19-32(8-5-11-54(45,46)47)17-6-3-4-7-18(17)51-19)24-27(43)33(9-10-48-15-22(40)41)30(52-24)23-26(42)34(13-20(36)37)29(49-23)25-28(44)35(14-21(38)39)31(50)53-25/h3-4,6-7,12H,2,5,8-11,13-15H2,1H3,(H,36,37)(H,38,39)(H,40,41)(H,45,46,47)/b19-12?,24-16+,29-25+,30-23+. The van der Waals surface area contributed by atoms with Crippen LogP contribution in [0.4, 0.5) is 5.69 Å². The highest BCUT2D eigenvalue weighted by molar-refractivity contribution is 8.30. The average molecular weight is 843 g/mol. The summed E-state index contributed by atoms with van der Waals surface area (Å²) >= 11 is 7.94. The molecule has 2 aliphatic rings. The number of nitrogens with zero attached hydrogens (tertiary/aromatic N) is 4. The Labute approximate surface area is 321 Å². The fraction of sp³-hybridized carbons (Fsp3) is 0.323. The molecule has 1 aromatic carbocycles. The molecule has 0 atom stereocenters. The monoisotopic (exact) mass is 842 g/mol. The van der Waals surface area contributed by atoms with E-state index in [0.29, 0.717) is 26.9 Å². The van der Waals surface area contributed by atoms with Gasteiger partial charge in [0.05, 0.1) is 34.2 Å². The molecule has 4 N–H and O–H groups in total. The highest BCUT2D eigenvalue weighted by atomic mass is 32.2. The number of fused-ring (bicyclic) bond motifs is 1. The third-order valence-electron chi connectivity index (χ3n) is 7.67. The average Bonchev–Trinajstić information content (AvgIpc) is 3.79. The molecule has 288 valence electrons. The lowest BCUT2D eigenvalue weighted by atomic mass is 10.2. The Morgan fingerprint density at radius 1 is 0.944 bits per heavy atom. The number of hydrogen-bond acceptors (Lipinski definition) is 15. The maximum Gasteiger partial charge on any atom is 0.329 e. The van der Waals surface area contributed by atoms with E-state index in [-0.39, 0.29) is 51.0 Å². The van der Waals surface area contributed by atoms with Gasteiger partial charge in [0.1, 0.15) is 33.6 Å². The second-order valence-corrected chi connectivity index (χ2v) is 16.6. The van der Waals surface area contributed by atoms with Crippen molar-refractivity contribution in [1.82, 2.24) is 14.0 Å². The smallest absolute Gasteiger partial charge is 0.329 e. The molecule has 0 aliphatic carbocycles. The second-order valence-electron chi connectivity index (χ2n) is 11.4. The van der Waals surface area contributed by atoms with Gasteiger partial charge in [-0.05, 0) is 48.4 Å². The number of benzene rings is 1. The number of oxazole rings is 1. The van der Waals surface area contributed by atoms with Gasteiger partial charge in [-0.25, -0.2) is 4.79 Å². The van der Waals surface area contributed by atoms with Crippen molar-refractivity contribution in [3.05, 3.63) is 76.2 Å². The van der Waals surface area contributed by atoms with Gasteiger partial charge in [0.25, 0.3) is 27.1 Å². The highest BCUT2D eigenvalue weighted by Crippen LogP contribution is 2.46. The number of rotatable bonds is 15. The molecule has 23 heteroatoms. The molecule has 4 heterocycles. The predicted molar refractivity (Wildman–Crippen MR) is 200 cm³/mol. The molecule has 0 radical (unpaired) electrons. The number of thiazole rings is 1. The van der Waals surface area contributed by atoms with Crippen LogP contribution >= 0.6 is 47.1 Å². The molecule has 1 amide bonds. The molecule has 0 spiro atoms. The van der Waals surface area contributed by atoms with Gasteiger partial charge in [-0.15, -0.1) is 11.3 Å². The van der Waals surface area contributed by atoms with E-state index in [0.717, 1.165) is 31.4 Å². The van der Waals surface area contributed by atoms with Crippen LogP contribution in [0, 0.1) is 10.1 Å². The fourth-order valence-corrected chi connectivity index (χ4v) is 9.51. The Kier molecular flexibility index (Phi) is 12.7. The Hall–Kier alpha value is -4.52. The van der Waals surface area contributed by atoms with Crippen molar-refractivity contribution in [3.8, 4) is 0 Å². The normalized spacial score (nSPS) is 17.4. The van der Waals surface area contributed by atoms with Crippen molar-refractivity contribution in [2.75, 3.05) is 37.0 Å². The summed E-state index contributed by atoms with van der Waals surface area (Å²) in [5.41, 5.74) is -1.46. The molecular weight excluding hydrogens is 813 g/mol. The zero-order chi connectivity index (χ0) is 39.5. The summed E-state index contributed by atoms with van der Waals surface area (Å²) < 4.78 is 44.9. The van der Waals surface area contributed by atoms with Crippen LogP contribution in [0.3, 0.4) is 0 Å². The van der Waals surface area contributed by atoms with Crippen LogP contribution < -0.4 is 26.1 Å². The molecule has 3 aromatic rings. The van der Waals surface area contributed by atoms with Gasteiger partial charge >= 0.3 is 17.9 Å². The molecule has 18 nitrogen and oxygen atoms in total. The third kappa shape index (κ3) is 9.05. The lowest BCUT2D eigenvalue weighted by Crippen LogP contribution is -2.36. The minimum absolute atomic E-state index is 0.0842. The van der Waals surface area contributed by atoms with Gasteiger partial charge in [-0.2, -0.15) is 8.42 Å². The van der Waals surface area contributed by atoms with Crippen molar-refractivity contribution in [2.45, 2.75) is 37.8 Å². The predicted octanol–water partition coefficient (Wildman–Crippen LogP) is 0.483. The van der Waals surface area contributed by atoms with E-state index in [4.69, 9.17) is 26.5 Å². The number of thioether (sulfide) groups is 2. The van der Waals surface area contributed by atoms with Crippen molar-refractivity contribution < 1.29 is 56.6 Å². The quantitative estimate of drug-likeness (QED) is 0.0922. The van der Waals surface area contributed by atoms with Crippen LogP contribution in [0.5, 0.6) is 0 Å². The van der Waals surface area contributed by atoms with E-state index in [9.17, 15) is 52.0 Å². The highest BCUT2D eigenvalue weighted by Gasteiger charge is 2.36. The molecule has 1 saturated heterocycles. The van der Waals surface area contributed by atoms with Crippen molar-refractivity contribution >= 4 is 101 Å². The van der Waals surface area contributed by atoms with Crippen LogP contribution in [0.1, 0.15) is 19.8 Å². The van der Waals surface area contributed by atoms with Crippen molar-refractivity contribution in [3.63, 3.8) is 0 Å². The maximum absolute atomic E-state index is 14.2. The van der Waals surface area contributed by atoms with E-state index in [1.54, 1.807) is 19.1 Å². The van der Waals surface area contributed by atoms with Crippen molar-refractivity contribution in [2.24, 2.45) is 0 Å². The summed E-state index contributed by atoms with van der Waals surface area (Å²) in [4.78, 5) is 78.7. The minimum Gasteiger partial charge on any atom is -0.480 e. The topological polar surface area (TPSA) is 256 Å². The number of aliphatic carboxylic acids is 3. The number of ether oxygens (including phenoxy) is 1. The maximum atomic E-state index is 14.2. The molecular formula is C31H30N4O14S5. The first-order chi connectivity index (χ1) is 25.5. The Morgan fingerprint density at radius 2 is 1.65 bits per heavy atom. The number of para-hydroxylation sites is 1. The van der Waals surface area contributed by atoms with Crippen LogP contribution in [0.2, 0.25) is 0 Å². The Bertz CT molecular complexity index is 2550. The number of carbonyl (C=O) groups is 4. The lowest BCUT2D eigenvalue weighted by molar-refractivity contribution is -0.142. The molecule has 54 heavy (non-hydrogen) atoms. The second kappa shape index (κ2) is 16.9. The van der Waals surface area contributed by atoms with Gasteiger partial charge in [0.2, 0.25) is 11.0 Å².